The first-order valence-corrected chi connectivity index (χ1v) is 23.8. The van der Waals surface area contributed by atoms with Crippen molar-refractivity contribution in [3.8, 4) is 0 Å². The first-order chi connectivity index (χ1) is 26.7. The third kappa shape index (κ3) is 40.4. The number of hydrogen-bond acceptors (Lipinski definition) is 9. The summed E-state index contributed by atoms with van der Waals surface area (Å²) in [6.45, 7) is 2.37. The minimum atomic E-state index is -4.62. The molecule has 1 unspecified atom stereocenters. The summed E-state index contributed by atoms with van der Waals surface area (Å²) in [5.74, 6) is -0.934. The van der Waals surface area contributed by atoms with E-state index in [1.807, 2.05) is 0 Å². The zero-order valence-electron chi connectivity index (χ0n) is 35.2. The number of ether oxygens (including phenoxy) is 2. The fourth-order valence-corrected chi connectivity index (χ4v) is 6.95. The van der Waals surface area contributed by atoms with Crippen LogP contribution >= 0.6 is 7.82 Å². The van der Waals surface area contributed by atoms with Gasteiger partial charge in [0.05, 0.1) is 19.8 Å². The first kappa shape index (κ1) is 53.5. The molecule has 0 amide bonds. The van der Waals surface area contributed by atoms with Crippen molar-refractivity contribution >= 4 is 19.8 Å². The molecule has 55 heavy (non-hydrogen) atoms. The molecular weight excluding hydrogens is 719 g/mol. The van der Waals surface area contributed by atoms with Crippen LogP contribution in [0.2, 0.25) is 0 Å². The van der Waals surface area contributed by atoms with Gasteiger partial charge in [0, 0.05) is 12.8 Å². The van der Waals surface area contributed by atoms with Crippen molar-refractivity contribution in [2.45, 2.75) is 219 Å². The van der Waals surface area contributed by atoms with Crippen molar-refractivity contribution in [3.05, 3.63) is 24.3 Å². The quantitative estimate of drug-likeness (QED) is 0.0236. The molecule has 0 saturated heterocycles. The molecule has 0 radical (unpaired) electrons. The van der Waals surface area contributed by atoms with Crippen LogP contribution in [-0.2, 0) is 32.7 Å². The Labute approximate surface area is 336 Å². The topological polar surface area (TPSA) is 149 Å². The van der Waals surface area contributed by atoms with Crippen LogP contribution in [-0.4, -0.2) is 65.7 Å². The number of carbonyl (C=O) groups excluding carboxylic acids is 2. The van der Waals surface area contributed by atoms with Crippen LogP contribution in [0, 0.1) is 0 Å². The van der Waals surface area contributed by atoms with Gasteiger partial charge in [-0.3, -0.25) is 18.6 Å². The number of esters is 2. The minimum absolute atomic E-state index is 0.185. The molecule has 0 saturated carbocycles. The summed E-state index contributed by atoms with van der Waals surface area (Å²) in [6.07, 6.45) is 39.9. The fourth-order valence-electron chi connectivity index (χ4n) is 6.16. The highest BCUT2D eigenvalue weighted by Gasteiger charge is 2.27. The Morgan fingerprint density at radius 2 is 0.927 bits per heavy atom. The van der Waals surface area contributed by atoms with Crippen molar-refractivity contribution in [1.29, 1.82) is 0 Å². The molecule has 324 valence electrons. The lowest BCUT2D eigenvalue weighted by molar-refractivity contribution is -0.161. The summed E-state index contributed by atoms with van der Waals surface area (Å²) < 4.78 is 32.7. The molecule has 0 aromatic carbocycles. The monoisotopic (exact) mass is 803 g/mol. The van der Waals surface area contributed by atoms with E-state index in [0.717, 1.165) is 57.8 Å². The maximum Gasteiger partial charge on any atom is 0.472 e. The molecule has 0 spiro atoms. The molecule has 0 fully saturated rings. The van der Waals surface area contributed by atoms with Crippen molar-refractivity contribution in [1.82, 2.24) is 0 Å². The molecule has 0 aliphatic carbocycles. The molecule has 0 aromatic heterocycles. The van der Waals surface area contributed by atoms with Crippen LogP contribution in [0.15, 0.2) is 24.3 Å². The Morgan fingerprint density at radius 1 is 0.545 bits per heavy atom. The number of phosphoric ester groups is 1. The molecule has 0 heterocycles. The lowest BCUT2D eigenvalue weighted by Gasteiger charge is -2.20. The number of allylic oxidation sites excluding steroid dienone is 4. The van der Waals surface area contributed by atoms with E-state index in [4.69, 9.17) is 23.6 Å². The van der Waals surface area contributed by atoms with Gasteiger partial charge in [-0.2, -0.15) is 0 Å². The fraction of sp³-hybridized carbons (Fsp3) is 0.864. The average Bonchev–Trinajstić information content (AvgIpc) is 3.17. The Bertz CT molecular complexity index is 972. The molecule has 0 bridgehead atoms. The molecule has 0 aromatic rings. The van der Waals surface area contributed by atoms with Gasteiger partial charge >= 0.3 is 19.8 Å². The molecule has 0 rings (SSSR count). The van der Waals surface area contributed by atoms with Crippen molar-refractivity contribution < 1.29 is 47.8 Å². The van der Waals surface area contributed by atoms with Crippen LogP contribution in [0.4, 0.5) is 0 Å². The highest BCUT2D eigenvalue weighted by Crippen LogP contribution is 2.43. The molecule has 0 aliphatic rings. The number of hydrogen-bond donors (Lipinski definition) is 3. The summed E-state index contributed by atoms with van der Waals surface area (Å²) in [6, 6.07) is 0. The maximum atomic E-state index is 12.6. The van der Waals surface area contributed by atoms with E-state index in [9.17, 15) is 24.2 Å². The van der Waals surface area contributed by atoms with Crippen molar-refractivity contribution in [3.63, 3.8) is 0 Å². The van der Waals surface area contributed by atoms with E-state index in [1.165, 1.54) is 109 Å². The number of aliphatic hydroxyl groups excluding tert-OH is 2. The van der Waals surface area contributed by atoms with Gasteiger partial charge < -0.3 is 24.6 Å². The van der Waals surface area contributed by atoms with Crippen LogP contribution in [0.1, 0.15) is 206 Å². The van der Waals surface area contributed by atoms with Crippen molar-refractivity contribution in [2.24, 2.45) is 0 Å². The highest BCUT2D eigenvalue weighted by atomic mass is 31.2. The Hall–Kier alpha value is -1.55. The second-order valence-electron chi connectivity index (χ2n) is 15.1. The van der Waals surface area contributed by atoms with Gasteiger partial charge in [-0.1, -0.05) is 179 Å². The molecule has 10 nitrogen and oxygen atoms in total. The van der Waals surface area contributed by atoms with Crippen LogP contribution < -0.4 is 0 Å². The predicted molar refractivity (Wildman–Crippen MR) is 224 cm³/mol. The number of unbranched alkanes of at least 4 members (excludes halogenated alkanes) is 25. The van der Waals surface area contributed by atoms with Gasteiger partial charge in [0.15, 0.2) is 6.10 Å². The SMILES string of the molecule is CCCCCC/C=C/C=C/CCCCCCCC(=O)OC[C@H](COP(=O)(O)OC[C@@H](O)CO)OC(=O)CCCCCCCCCCCCCCCCCCC. The molecule has 3 atom stereocenters. The first-order valence-electron chi connectivity index (χ1n) is 22.3. The lowest BCUT2D eigenvalue weighted by Crippen LogP contribution is -2.29. The zero-order chi connectivity index (χ0) is 40.5. The third-order valence-corrected chi connectivity index (χ3v) is 10.6. The highest BCUT2D eigenvalue weighted by molar-refractivity contribution is 7.47. The molecule has 3 N–H and O–H groups in total. The van der Waals surface area contributed by atoms with E-state index >= 15 is 0 Å². The van der Waals surface area contributed by atoms with E-state index < -0.39 is 51.8 Å². The third-order valence-electron chi connectivity index (χ3n) is 9.64. The predicted octanol–water partition coefficient (Wildman–Crippen LogP) is 11.8. The van der Waals surface area contributed by atoms with Gasteiger partial charge in [-0.25, -0.2) is 4.57 Å². The molecular formula is C44H83O10P. The van der Waals surface area contributed by atoms with E-state index in [2.05, 4.69) is 38.2 Å². The van der Waals surface area contributed by atoms with Gasteiger partial charge in [0.2, 0.25) is 0 Å². The van der Waals surface area contributed by atoms with Gasteiger partial charge in [0.25, 0.3) is 0 Å². The Morgan fingerprint density at radius 3 is 1.38 bits per heavy atom. The van der Waals surface area contributed by atoms with Crippen molar-refractivity contribution in [2.75, 3.05) is 26.4 Å². The number of carbonyl (C=O) groups is 2. The van der Waals surface area contributed by atoms with E-state index in [-0.39, 0.29) is 19.4 Å². The number of phosphoric acid groups is 1. The van der Waals surface area contributed by atoms with Crippen LogP contribution in [0.25, 0.3) is 0 Å². The summed E-state index contributed by atoms with van der Waals surface area (Å²) in [7, 11) is -4.62. The lowest BCUT2D eigenvalue weighted by atomic mass is 10.0. The average molecular weight is 803 g/mol. The second kappa shape index (κ2) is 40.6. The number of aliphatic hydroxyl groups is 2. The second-order valence-corrected chi connectivity index (χ2v) is 16.6. The molecule has 11 heteroatoms. The van der Waals surface area contributed by atoms with Gasteiger partial charge in [-0.15, -0.1) is 0 Å². The van der Waals surface area contributed by atoms with E-state index in [1.54, 1.807) is 0 Å². The summed E-state index contributed by atoms with van der Waals surface area (Å²) in [5, 5.41) is 18.3. The minimum Gasteiger partial charge on any atom is -0.462 e. The maximum absolute atomic E-state index is 12.6. The number of rotatable bonds is 42. The zero-order valence-corrected chi connectivity index (χ0v) is 36.0. The van der Waals surface area contributed by atoms with Gasteiger partial charge in [-0.05, 0) is 38.5 Å². The Balaban J connectivity index is 4.28. The van der Waals surface area contributed by atoms with Crippen LogP contribution in [0.3, 0.4) is 0 Å². The molecule has 0 aliphatic heterocycles. The van der Waals surface area contributed by atoms with Crippen LogP contribution in [0.5, 0.6) is 0 Å². The largest absolute Gasteiger partial charge is 0.472 e. The summed E-state index contributed by atoms with van der Waals surface area (Å²) >= 11 is 0. The Kier molecular flexibility index (Phi) is 39.5. The standard InChI is InChI=1S/C44H83O10P/c1-3-5-7-9-11-13-15-17-19-20-22-24-26-28-30-32-34-36-44(48)54-42(40-53-55(49,50)52-38-41(46)37-45)39-51-43(47)35-33-31-29-27-25-23-21-18-16-14-12-10-8-6-4-2/h14,16,18,21,41-42,45-46H,3-13,15,17,19-20,22-40H2,1-2H3,(H,49,50)/b16-14+,21-18+/t41-,42+/m0/s1. The summed E-state index contributed by atoms with van der Waals surface area (Å²) in [5.41, 5.74) is 0. The summed E-state index contributed by atoms with van der Waals surface area (Å²) in [4.78, 5) is 35.0. The van der Waals surface area contributed by atoms with E-state index in [0.29, 0.717) is 12.8 Å². The smallest absolute Gasteiger partial charge is 0.462 e. The normalized spacial score (nSPS) is 14.1. The van der Waals surface area contributed by atoms with Gasteiger partial charge in [0.1, 0.15) is 12.7 Å².